The number of sulfonamides is 1. The number of nitrogens with zero attached hydrogens (tertiary/aromatic N) is 1. The van der Waals surface area contributed by atoms with Crippen LogP contribution in [0.25, 0.3) is 11.0 Å². The zero-order valence-electron chi connectivity index (χ0n) is 18.1. The summed E-state index contributed by atoms with van der Waals surface area (Å²) in [7, 11) is -3.97. The van der Waals surface area contributed by atoms with E-state index in [0.717, 1.165) is 11.1 Å². The molecule has 0 saturated carbocycles. The molecule has 0 atom stereocenters. The van der Waals surface area contributed by atoms with Gasteiger partial charge >= 0.3 is 0 Å². The van der Waals surface area contributed by atoms with Crippen molar-refractivity contribution in [2.75, 3.05) is 31.0 Å². The minimum atomic E-state index is -3.97. The van der Waals surface area contributed by atoms with E-state index < -0.39 is 10.0 Å². The third-order valence-corrected chi connectivity index (χ3v) is 7.51. The van der Waals surface area contributed by atoms with Crippen LogP contribution in [0, 0.1) is 27.7 Å². The molecule has 1 aromatic heterocycles. The first kappa shape index (κ1) is 21.4. The monoisotopic (exact) mass is 442 g/mol. The van der Waals surface area contributed by atoms with E-state index >= 15 is 0 Å². The molecule has 1 N–H and O–H groups in total. The van der Waals surface area contributed by atoms with Gasteiger partial charge in [0.1, 0.15) is 11.3 Å². The van der Waals surface area contributed by atoms with Crippen LogP contribution in [-0.4, -0.2) is 45.5 Å². The number of rotatable bonds is 4. The Morgan fingerprint density at radius 3 is 2.26 bits per heavy atom. The van der Waals surface area contributed by atoms with Crippen LogP contribution >= 0.6 is 0 Å². The molecule has 0 radical (unpaired) electrons. The lowest BCUT2D eigenvalue weighted by molar-refractivity contribution is 0.0285. The Balaban J connectivity index is 1.84. The Morgan fingerprint density at radius 2 is 1.61 bits per heavy atom. The van der Waals surface area contributed by atoms with E-state index in [1.54, 1.807) is 43.0 Å². The van der Waals surface area contributed by atoms with E-state index in [2.05, 4.69) is 4.72 Å². The van der Waals surface area contributed by atoms with Crippen molar-refractivity contribution >= 4 is 32.6 Å². The Morgan fingerprint density at radius 1 is 1.00 bits per heavy atom. The summed E-state index contributed by atoms with van der Waals surface area (Å²) in [5, 5.41) is 0.544. The van der Waals surface area contributed by atoms with Gasteiger partial charge in [0.15, 0.2) is 0 Å². The van der Waals surface area contributed by atoms with Crippen LogP contribution < -0.4 is 4.72 Å². The molecular weight excluding hydrogens is 416 g/mol. The summed E-state index contributed by atoms with van der Waals surface area (Å²) in [6.07, 6.45) is 0. The van der Waals surface area contributed by atoms with Crippen LogP contribution in [-0.2, 0) is 14.8 Å². The van der Waals surface area contributed by atoms with Gasteiger partial charge < -0.3 is 14.1 Å². The summed E-state index contributed by atoms with van der Waals surface area (Å²) >= 11 is 0. The number of hydrogen-bond acceptors (Lipinski definition) is 5. The molecule has 0 spiro atoms. The van der Waals surface area contributed by atoms with Crippen molar-refractivity contribution in [3.63, 3.8) is 0 Å². The number of furan rings is 1. The summed E-state index contributed by atoms with van der Waals surface area (Å²) in [5.41, 5.74) is 3.78. The number of morpholine rings is 1. The third-order valence-electron chi connectivity index (χ3n) is 5.89. The van der Waals surface area contributed by atoms with Crippen molar-refractivity contribution in [2.45, 2.75) is 32.6 Å². The summed E-state index contributed by atoms with van der Waals surface area (Å²) < 4.78 is 40.9. The zero-order chi connectivity index (χ0) is 22.3. The van der Waals surface area contributed by atoms with Gasteiger partial charge in [-0.05, 0) is 62.1 Å². The maximum absolute atomic E-state index is 13.5. The molecule has 2 heterocycles. The maximum Gasteiger partial charge on any atom is 0.291 e. The number of carbonyl (C=O) groups is 1. The fourth-order valence-corrected chi connectivity index (χ4v) is 5.68. The molecule has 1 saturated heterocycles. The molecule has 31 heavy (non-hydrogen) atoms. The van der Waals surface area contributed by atoms with E-state index in [-0.39, 0.29) is 22.3 Å². The molecule has 7 nitrogen and oxygen atoms in total. The first-order chi connectivity index (χ1) is 14.7. The van der Waals surface area contributed by atoms with E-state index in [0.29, 0.717) is 48.4 Å². The fourth-order valence-electron chi connectivity index (χ4n) is 3.98. The Kier molecular flexibility index (Phi) is 5.53. The molecule has 1 fully saturated rings. The SMILES string of the molecule is Cc1cc(C)c(C)c(S(=O)(=O)Nc2c(C(=O)N3CCOCC3)oc3ccccc23)c1C. The minimum Gasteiger partial charge on any atom is -0.449 e. The summed E-state index contributed by atoms with van der Waals surface area (Å²) in [4.78, 5) is 15.0. The fraction of sp³-hybridized carbons (Fsp3) is 0.348. The second-order valence-electron chi connectivity index (χ2n) is 7.90. The van der Waals surface area contributed by atoms with Gasteiger partial charge in [0.2, 0.25) is 5.76 Å². The first-order valence-electron chi connectivity index (χ1n) is 10.2. The van der Waals surface area contributed by atoms with Crippen LogP contribution in [0.1, 0.15) is 32.8 Å². The molecule has 2 aromatic carbocycles. The van der Waals surface area contributed by atoms with Crippen molar-refractivity contribution in [1.82, 2.24) is 4.90 Å². The lowest BCUT2D eigenvalue weighted by atomic mass is 10.0. The van der Waals surface area contributed by atoms with Crippen molar-refractivity contribution in [3.05, 3.63) is 58.3 Å². The molecule has 0 aliphatic carbocycles. The summed E-state index contributed by atoms with van der Waals surface area (Å²) in [5.74, 6) is -0.363. The van der Waals surface area contributed by atoms with Gasteiger partial charge in [-0.15, -0.1) is 0 Å². The lowest BCUT2D eigenvalue weighted by Gasteiger charge is -2.26. The molecule has 4 rings (SSSR count). The normalized spacial score (nSPS) is 14.8. The molecular formula is C23H26N2O5S. The van der Waals surface area contributed by atoms with E-state index in [1.165, 1.54) is 0 Å². The third kappa shape index (κ3) is 3.81. The second-order valence-corrected chi connectivity index (χ2v) is 9.52. The highest BCUT2D eigenvalue weighted by atomic mass is 32.2. The highest BCUT2D eigenvalue weighted by Gasteiger charge is 2.30. The van der Waals surface area contributed by atoms with Crippen molar-refractivity contribution in [1.29, 1.82) is 0 Å². The van der Waals surface area contributed by atoms with Gasteiger partial charge in [-0.2, -0.15) is 0 Å². The number of nitrogens with one attached hydrogen (secondary N) is 1. The molecule has 3 aromatic rings. The average molecular weight is 443 g/mol. The molecule has 0 bridgehead atoms. The zero-order valence-corrected chi connectivity index (χ0v) is 18.9. The number of aryl methyl sites for hydroxylation is 2. The van der Waals surface area contributed by atoms with Crippen LogP contribution in [0.4, 0.5) is 5.69 Å². The molecule has 164 valence electrons. The number of hydrogen-bond donors (Lipinski definition) is 1. The van der Waals surface area contributed by atoms with Gasteiger partial charge in [0.25, 0.3) is 15.9 Å². The predicted molar refractivity (Wildman–Crippen MR) is 119 cm³/mol. The predicted octanol–water partition coefficient (Wildman–Crippen LogP) is 3.94. The second kappa shape index (κ2) is 8.01. The van der Waals surface area contributed by atoms with Crippen molar-refractivity contribution in [3.8, 4) is 0 Å². The Hall–Kier alpha value is -2.84. The number of benzene rings is 2. The number of anilines is 1. The Bertz CT molecular complexity index is 1240. The maximum atomic E-state index is 13.5. The van der Waals surface area contributed by atoms with Gasteiger partial charge in [-0.3, -0.25) is 9.52 Å². The van der Waals surface area contributed by atoms with Crippen molar-refractivity contribution in [2.24, 2.45) is 0 Å². The van der Waals surface area contributed by atoms with E-state index in [1.807, 2.05) is 19.9 Å². The highest BCUT2D eigenvalue weighted by molar-refractivity contribution is 7.92. The number of ether oxygens (including phenoxy) is 1. The highest BCUT2D eigenvalue weighted by Crippen LogP contribution is 2.35. The summed E-state index contributed by atoms with van der Waals surface area (Å²) in [6.45, 7) is 9.10. The van der Waals surface area contributed by atoms with Gasteiger partial charge in [0.05, 0.1) is 18.1 Å². The largest absolute Gasteiger partial charge is 0.449 e. The Labute approximate surface area is 182 Å². The molecule has 1 amide bonds. The first-order valence-corrected chi connectivity index (χ1v) is 11.7. The van der Waals surface area contributed by atoms with Crippen molar-refractivity contribution < 1.29 is 22.4 Å². The number of amides is 1. The number of para-hydroxylation sites is 1. The van der Waals surface area contributed by atoms with E-state index in [9.17, 15) is 13.2 Å². The van der Waals surface area contributed by atoms with Crippen LogP contribution in [0.15, 0.2) is 39.6 Å². The number of fused-ring (bicyclic) bond motifs is 1. The average Bonchev–Trinajstić information content (AvgIpc) is 3.10. The van der Waals surface area contributed by atoms with E-state index in [4.69, 9.17) is 9.15 Å². The summed E-state index contributed by atoms with van der Waals surface area (Å²) in [6, 6.07) is 9.01. The van der Waals surface area contributed by atoms with Gasteiger partial charge in [-0.25, -0.2) is 8.42 Å². The standard InChI is InChI=1S/C23H26N2O5S/c1-14-13-15(2)17(4)22(16(14)3)31(27,28)24-20-18-7-5-6-8-19(18)30-21(20)23(26)25-9-11-29-12-10-25/h5-8,13,24H,9-12H2,1-4H3. The minimum absolute atomic E-state index is 0.00800. The van der Waals surface area contributed by atoms with Gasteiger partial charge in [0, 0.05) is 18.5 Å². The quantitative estimate of drug-likeness (QED) is 0.661. The van der Waals surface area contributed by atoms with Crippen LogP contribution in [0.3, 0.4) is 0 Å². The van der Waals surface area contributed by atoms with Crippen LogP contribution in [0.5, 0.6) is 0 Å². The molecule has 1 aliphatic rings. The smallest absolute Gasteiger partial charge is 0.291 e. The molecule has 0 unspecified atom stereocenters. The number of carbonyl (C=O) groups excluding carboxylic acids is 1. The molecule has 8 heteroatoms. The lowest BCUT2D eigenvalue weighted by Crippen LogP contribution is -2.40. The van der Waals surface area contributed by atoms with Crippen LogP contribution in [0.2, 0.25) is 0 Å². The van der Waals surface area contributed by atoms with Gasteiger partial charge in [-0.1, -0.05) is 18.2 Å². The molecule has 1 aliphatic heterocycles. The topological polar surface area (TPSA) is 88.9 Å².